The predicted molar refractivity (Wildman–Crippen MR) is 74.7 cm³/mol. The van der Waals surface area contributed by atoms with Crippen LogP contribution in [-0.2, 0) is 4.79 Å². The van der Waals surface area contributed by atoms with Crippen molar-refractivity contribution in [1.82, 2.24) is 5.32 Å². The fourth-order valence-electron chi connectivity index (χ4n) is 2.35. The summed E-state index contributed by atoms with van der Waals surface area (Å²) >= 11 is 0. The number of hydrogen-bond donors (Lipinski definition) is 2. The summed E-state index contributed by atoms with van der Waals surface area (Å²) in [6.45, 7) is 5.53. The summed E-state index contributed by atoms with van der Waals surface area (Å²) in [7, 11) is 0. The number of carbonyl (C=O) groups is 1. The number of rotatable bonds is 3. The standard InChI is InChI=1S/C15H21FN2O/c1-10(2)15(19)18-12-3-4-14(16)13(9-12)11-5-7-17-8-6-11/h3-4,9-11,17H,5-8H2,1-2H3,(H,18,19). The molecule has 1 aromatic carbocycles. The van der Waals surface area contributed by atoms with Gasteiger partial charge in [-0.25, -0.2) is 4.39 Å². The molecule has 0 saturated carbocycles. The van der Waals surface area contributed by atoms with Gasteiger partial charge >= 0.3 is 0 Å². The van der Waals surface area contributed by atoms with Gasteiger partial charge < -0.3 is 10.6 Å². The lowest BCUT2D eigenvalue weighted by atomic mass is 9.89. The lowest BCUT2D eigenvalue weighted by molar-refractivity contribution is -0.118. The molecule has 2 rings (SSSR count). The van der Waals surface area contributed by atoms with E-state index in [9.17, 15) is 9.18 Å². The van der Waals surface area contributed by atoms with Gasteiger partial charge in [0.05, 0.1) is 0 Å². The van der Waals surface area contributed by atoms with Crippen molar-refractivity contribution in [3.8, 4) is 0 Å². The Morgan fingerprint density at radius 1 is 1.37 bits per heavy atom. The second-order valence-corrected chi connectivity index (χ2v) is 5.40. The lowest BCUT2D eigenvalue weighted by Gasteiger charge is -2.24. The van der Waals surface area contributed by atoms with Gasteiger partial charge in [-0.3, -0.25) is 4.79 Å². The van der Waals surface area contributed by atoms with E-state index in [1.807, 2.05) is 13.8 Å². The van der Waals surface area contributed by atoms with Crippen LogP contribution < -0.4 is 10.6 Å². The number of amides is 1. The highest BCUT2D eigenvalue weighted by atomic mass is 19.1. The van der Waals surface area contributed by atoms with Crippen LogP contribution in [0.5, 0.6) is 0 Å². The molecule has 1 aliphatic rings. The van der Waals surface area contributed by atoms with Crippen molar-refractivity contribution in [2.75, 3.05) is 18.4 Å². The largest absolute Gasteiger partial charge is 0.326 e. The van der Waals surface area contributed by atoms with Crippen LogP contribution in [0.3, 0.4) is 0 Å². The maximum Gasteiger partial charge on any atom is 0.226 e. The molecule has 0 aromatic heterocycles. The van der Waals surface area contributed by atoms with E-state index < -0.39 is 0 Å². The molecule has 0 radical (unpaired) electrons. The fraction of sp³-hybridized carbons (Fsp3) is 0.533. The first-order valence-corrected chi connectivity index (χ1v) is 6.89. The van der Waals surface area contributed by atoms with Gasteiger partial charge in [-0.15, -0.1) is 0 Å². The first-order valence-electron chi connectivity index (χ1n) is 6.89. The summed E-state index contributed by atoms with van der Waals surface area (Å²) < 4.78 is 13.9. The Bertz CT molecular complexity index is 453. The smallest absolute Gasteiger partial charge is 0.226 e. The summed E-state index contributed by atoms with van der Waals surface area (Å²) in [4.78, 5) is 11.7. The highest BCUT2D eigenvalue weighted by Gasteiger charge is 2.19. The normalized spacial score (nSPS) is 16.6. The van der Waals surface area contributed by atoms with E-state index in [-0.39, 0.29) is 23.6 Å². The number of nitrogens with one attached hydrogen (secondary N) is 2. The number of anilines is 1. The molecule has 4 heteroatoms. The molecule has 0 aliphatic carbocycles. The average molecular weight is 264 g/mol. The van der Waals surface area contributed by atoms with E-state index in [1.165, 1.54) is 6.07 Å². The van der Waals surface area contributed by atoms with Crippen molar-refractivity contribution in [2.45, 2.75) is 32.6 Å². The summed E-state index contributed by atoms with van der Waals surface area (Å²) in [5.41, 5.74) is 1.41. The van der Waals surface area contributed by atoms with Gasteiger partial charge in [0.15, 0.2) is 0 Å². The third-order valence-electron chi connectivity index (χ3n) is 3.57. The molecule has 0 unspecified atom stereocenters. The zero-order chi connectivity index (χ0) is 13.8. The summed E-state index contributed by atoms with van der Waals surface area (Å²) in [5, 5.41) is 6.10. The second-order valence-electron chi connectivity index (χ2n) is 5.40. The molecule has 1 amide bonds. The number of carbonyl (C=O) groups excluding carboxylic acids is 1. The quantitative estimate of drug-likeness (QED) is 0.881. The Morgan fingerprint density at radius 2 is 2.05 bits per heavy atom. The van der Waals surface area contributed by atoms with E-state index in [0.717, 1.165) is 31.5 Å². The Hall–Kier alpha value is -1.42. The van der Waals surface area contributed by atoms with Crippen molar-refractivity contribution in [2.24, 2.45) is 5.92 Å². The van der Waals surface area contributed by atoms with Crippen molar-refractivity contribution >= 4 is 11.6 Å². The minimum Gasteiger partial charge on any atom is -0.326 e. The minimum absolute atomic E-state index is 0.0390. The second kappa shape index (κ2) is 6.15. The minimum atomic E-state index is -0.172. The maximum atomic E-state index is 13.9. The predicted octanol–water partition coefficient (Wildman–Crippen LogP) is 2.89. The van der Waals surface area contributed by atoms with Gasteiger partial charge in [0, 0.05) is 11.6 Å². The molecule has 0 spiro atoms. The van der Waals surface area contributed by atoms with Gasteiger partial charge in [-0.1, -0.05) is 13.8 Å². The van der Waals surface area contributed by atoms with Crippen molar-refractivity contribution in [3.63, 3.8) is 0 Å². The van der Waals surface area contributed by atoms with Crippen molar-refractivity contribution < 1.29 is 9.18 Å². The zero-order valence-electron chi connectivity index (χ0n) is 11.5. The van der Waals surface area contributed by atoms with Crippen LogP contribution in [0.4, 0.5) is 10.1 Å². The molecular formula is C15H21FN2O. The van der Waals surface area contributed by atoms with Crippen molar-refractivity contribution in [3.05, 3.63) is 29.6 Å². The molecule has 2 N–H and O–H groups in total. The van der Waals surface area contributed by atoms with Crippen LogP contribution in [-0.4, -0.2) is 19.0 Å². The third-order valence-corrected chi connectivity index (χ3v) is 3.57. The fourth-order valence-corrected chi connectivity index (χ4v) is 2.35. The van der Waals surface area contributed by atoms with E-state index in [4.69, 9.17) is 0 Å². The lowest BCUT2D eigenvalue weighted by Crippen LogP contribution is -2.27. The number of halogens is 1. The molecule has 1 heterocycles. The third kappa shape index (κ3) is 3.53. The van der Waals surface area contributed by atoms with Crippen LogP contribution in [0.25, 0.3) is 0 Å². The van der Waals surface area contributed by atoms with Gasteiger partial charge in [-0.2, -0.15) is 0 Å². The summed E-state index contributed by atoms with van der Waals surface area (Å²) in [6, 6.07) is 4.86. The Morgan fingerprint density at radius 3 is 2.68 bits per heavy atom. The zero-order valence-corrected chi connectivity index (χ0v) is 11.5. The molecular weight excluding hydrogens is 243 g/mol. The Labute approximate surface area is 113 Å². The van der Waals surface area contributed by atoms with Crippen molar-refractivity contribution in [1.29, 1.82) is 0 Å². The highest BCUT2D eigenvalue weighted by Crippen LogP contribution is 2.29. The Kier molecular flexibility index (Phi) is 4.53. The number of hydrogen-bond acceptors (Lipinski definition) is 2. The number of piperidine rings is 1. The van der Waals surface area contributed by atoms with Gasteiger partial charge in [0.2, 0.25) is 5.91 Å². The molecule has 19 heavy (non-hydrogen) atoms. The monoisotopic (exact) mass is 264 g/mol. The highest BCUT2D eigenvalue weighted by molar-refractivity contribution is 5.92. The van der Waals surface area contributed by atoms with Crippen LogP contribution in [0.15, 0.2) is 18.2 Å². The first-order chi connectivity index (χ1) is 9.08. The van der Waals surface area contributed by atoms with E-state index in [0.29, 0.717) is 5.69 Å². The van der Waals surface area contributed by atoms with E-state index >= 15 is 0 Å². The van der Waals surface area contributed by atoms with Gasteiger partial charge in [0.25, 0.3) is 0 Å². The molecule has 1 saturated heterocycles. The van der Waals surface area contributed by atoms with E-state index in [2.05, 4.69) is 10.6 Å². The molecule has 0 atom stereocenters. The maximum absolute atomic E-state index is 13.9. The van der Waals surface area contributed by atoms with Crippen LogP contribution >= 0.6 is 0 Å². The average Bonchev–Trinajstić information content (AvgIpc) is 2.41. The van der Waals surface area contributed by atoms with E-state index in [1.54, 1.807) is 12.1 Å². The van der Waals surface area contributed by atoms with Gasteiger partial charge in [-0.05, 0) is 55.6 Å². The molecule has 0 bridgehead atoms. The SMILES string of the molecule is CC(C)C(=O)Nc1ccc(F)c(C2CCNCC2)c1. The first kappa shape index (κ1) is 14.0. The molecule has 1 aliphatic heterocycles. The summed E-state index contributed by atoms with van der Waals surface area (Å²) in [5.74, 6) is -0.0400. The summed E-state index contributed by atoms with van der Waals surface area (Å²) in [6.07, 6.45) is 1.89. The van der Waals surface area contributed by atoms with Crippen LogP contribution in [0.2, 0.25) is 0 Å². The Balaban J connectivity index is 2.16. The van der Waals surface area contributed by atoms with Crippen LogP contribution in [0.1, 0.15) is 38.2 Å². The molecule has 1 aromatic rings. The molecule has 104 valence electrons. The van der Waals surface area contributed by atoms with Crippen LogP contribution in [0, 0.1) is 11.7 Å². The topological polar surface area (TPSA) is 41.1 Å². The van der Waals surface area contributed by atoms with Gasteiger partial charge in [0.1, 0.15) is 5.82 Å². The molecule has 3 nitrogen and oxygen atoms in total. The number of benzene rings is 1. The molecule has 1 fully saturated rings.